The third kappa shape index (κ3) is 4.85. The fourth-order valence-corrected chi connectivity index (χ4v) is 1.63. The van der Waals surface area contributed by atoms with Gasteiger partial charge in [0.25, 0.3) is 0 Å². The van der Waals surface area contributed by atoms with Gasteiger partial charge in [0.05, 0.1) is 34.4 Å². The molecule has 1 heterocycles. The van der Waals surface area contributed by atoms with Gasteiger partial charge in [-0.1, -0.05) is 6.07 Å². The molecule has 0 unspecified atom stereocenters. The van der Waals surface area contributed by atoms with Crippen LogP contribution in [0.2, 0.25) is 0 Å². The number of hydrogen-bond acceptors (Lipinski definition) is 7. The van der Waals surface area contributed by atoms with E-state index >= 15 is 0 Å². The van der Waals surface area contributed by atoms with Crippen LogP contribution in [-0.2, 0) is 25.6 Å². The number of rotatable bonds is 7. The van der Waals surface area contributed by atoms with E-state index < -0.39 is 11.9 Å². The molecular weight excluding hydrogens is 264 g/mol. The van der Waals surface area contributed by atoms with Crippen LogP contribution in [0.3, 0.4) is 0 Å². The minimum absolute atomic E-state index is 0.0242. The monoisotopic (exact) mass is 282 g/mol. The van der Waals surface area contributed by atoms with Gasteiger partial charge >= 0.3 is 11.9 Å². The van der Waals surface area contributed by atoms with Crippen molar-refractivity contribution in [3.05, 3.63) is 23.9 Å². The van der Waals surface area contributed by atoms with E-state index in [0.29, 0.717) is 12.4 Å². The van der Waals surface area contributed by atoms with Gasteiger partial charge in [-0.25, -0.2) is 4.98 Å². The SMILES string of the molecule is COC(=O)CN(CC(=O)OC)Cc1cccnc1OC. The molecule has 0 N–H and O–H groups in total. The highest BCUT2D eigenvalue weighted by Gasteiger charge is 2.17. The normalized spacial score (nSPS) is 10.2. The second kappa shape index (κ2) is 8.11. The van der Waals surface area contributed by atoms with Gasteiger partial charge in [-0.15, -0.1) is 0 Å². The van der Waals surface area contributed by atoms with Crippen LogP contribution in [0, 0.1) is 0 Å². The van der Waals surface area contributed by atoms with Gasteiger partial charge in [0.2, 0.25) is 5.88 Å². The van der Waals surface area contributed by atoms with Crippen molar-refractivity contribution in [2.75, 3.05) is 34.4 Å². The molecule has 0 saturated heterocycles. The largest absolute Gasteiger partial charge is 0.481 e. The van der Waals surface area contributed by atoms with Gasteiger partial charge in [-0.3, -0.25) is 14.5 Å². The highest BCUT2D eigenvalue weighted by molar-refractivity contribution is 5.74. The van der Waals surface area contributed by atoms with Gasteiger partial charge in [0.1, 0.15) is 0 Å². The molecule has 7 heteroatoms. The summed E-state index contributed by atoms with van der Waals surface area (Å²) in [6.45, 7) is 0.272. The Hall–Kier alpha value is -2.15. The molecule has 0 aliphatic rings. The van der Waals surface area contributed by atoms with Crippen molar-refractivity contribution < 1.29 is 23.8 Å². The van der Waals surface area contributed by atoms with Crippen molar-refractivity contribution in [2.24, 2.45) is 0 Å². The van der Waals surface area contributed by atoms with Crippen LogP contribution in [0.5, 0.6) is 5.88 Å². The van der Waals surface area contributed by atoms with Crippen LogP contribution in [0.25, 0.3) is 0 Å². The number of carbonyl (C=O) groups excluding carboxylic acids is 2. The molecule has 1 aromatic heterocycles. The summed E-state index contributed by atoms with van der Waals surface area (Å²) in [4.78, 5) is 28.4. The molecule has 0 aromatic carbocycles. The predicted octanol–water partition coefficient (Wildman–Crippen LogP) is 0.238. The summed E-state index contributed by atoms with van der Waals surface area (Å²) in [6.07, 6.45) is 1.60. The van der Waals surface area contributed by atoms with Gasteiger partial charge in [-0.05, 0) is 6.07 Å². The lowest BCUT2D eigenvalue weighted by Gasteiger charge is -2.20. The van der Waals surface area contributed by atoms with Crippen molar-refractivity contribution in [1.29, 1.82) is 0 Å². The lowest BCUT2D eigenvalue weighted by Crippen LogP contribution is -2.35. The molecule has 1 aromatic rings. The van der Waals surface area contributed by atoms with Crippen LogP contribution >= 0.6 is 0 Å². The molecule has 0 fully saturated rings. The summed E-state index contributed by atoms with van der Waals surface area (Å²) >= 11 is 0. The van der Waals surface area contributed by atoms with Crippen LogP contribution in [0.15, 0.2) is 18.3 Å². The first-order valence-corrected chi connectivity index (χ1v) is 5.94. The van der Waals surface area contributed by atoms with E-state index in [0.717, 1.165) is 5.56 Å². The number of aromatic nitrogens is 1. The first-order chi connectivity index (χ1) is 9.60. The fraction of sp³-hybridized carbons (Fsp3) is 0.462. The van der Waals surface area contributed by atoms with Gasteiger partial charge in [0.15, 0.2) is 0 Å². The Morgan fingerprint density at radius 2 is 1.75 bits per heavy atom. The minimum atomic E-state index is -0.434. The molecule has 110 valence electrons. The molecular formula is C13H18N2O5. The maximum absolute atomic E-state index is 11.4. The lowest BCUT2D eigenvalue weighted by molar-refractivity contribution is -0.145. The van der Waals surface area contributed by atoms with E-state index in [1.54, 1.807) is 17.2 Å². The van der Waals surface area contributed by atoms with Crippen LogP contribution < -0.4 is 4.74 Å². The Morgan fingerprint density at radius 1 is 1.15 bits per heavy atom. The number of pyridine rings is 1. The summed E-state index contributed by atoms with van der Waals surface area (Å²) in [5.41, 5.74) is 0.766. The summed E-state index contributed by atoms with van der Waals surface area (Å²) in [7, 11) is 4.10. The average Bonchev–Trinajstić information content (AvgIpc) is 2.47. The van der Waals surface area contributed by atoms with Crippen molar-refractivity contribution in [3.8, 4) is 5.88 Å². The Balaban J connectivity index is 2.81. The molecule has 7 nitrogen and oxygen atoms in total. The number of ether oxygens (including phenoxy) is 3. The summed E-state index contributed by atoms with van der Waals surface area (Å²) in [6, 6.07) is 3.57. The quantitative estimate of drug-likeness (QED) is 0.663. The number of methoxy groups -OCH3 is 3. The molecule has 0 radical (unpaired) electrons. The Kier molecular flexibility index (Phi) is 6.45. The highest BCUT2D eigenvalue weighted by Crippen LogP contribution is 2.16. The molecule has 0 aliphatic heterocycles. The number of nitrogens with zero attached hydrogens (tertiary/aromatic N) is 2. The van der Waals surface area contributed by atoms with E-state index in [9.17, 15) is 9.59 Å². The average molecular weight is 282 g/mol. The summed E-state index contributed by atoms with van der Waals surface area (Å²) in [5.74, 6) is -0.416. The first kappa shape index (κ1) is 15.9. The zero-order valence-electron chi connectivity index (χ0n) is 11.8. The Bertz CT molecular complexity index is 446. The van der Waals surface area contributed by atoms with Gasteiger partial charge in [-0.2, -0.15) is 0 Å². The van der Waals surface area contributed by atoms with E-state index in [-0.39, 0.29) is 13.1 Å². The van der Waals surface area contributed by atoms with Gasteiger partial charge in [0, 0.05) is 18.3 Å². The van der Waals surface area contributed by atoms with Crippen LogP contribution in [-0.4, -0.2) is 56.2 Å². The minimum Gasteiger partial charge on any atom is -0.481 e. The molecule has 0 atom stereocenters. The van der Waals surface area contributed by atoms with E-state index in [4.69, 9.17) is 4.74 Å². The zero-order valence-corrected chi connectivity index (χ0v) is 11.8. The van der Waals surface area contributed by atoms with Crippen molar-refractivity contribution in [1.82, 2.24) is 9.88 Å². The topological polar surface area (TPSA) is 78.0 Å². The van der Waals surface area contributed by atoms with Crippen LogP contribution in [0.4, 0.5) is 0 Å². The van der Waals surface area contributed by atoms with Crippen molar-refractivity contribution in [2.45, 2.75) is 6.54 Å². The maximum atomic E-state index is 11.4. The van der Waals surface area contributed by atoms with Gasteiger partial charge < -0.3 is 14.2 Å². The van der Waals surface area contributed by atoms with E-state index in [2.05, 4.69) is 14.5 Å². The smallest absolute Gasteiger partial charge is 0.319 e. The molecule has 1 rings (SSSR count). The fourth-order valence-electron chi connectivity index (χ4n) is 1.63. The molecule has 20 heavy (non-hydrogen) atoms. The lowest BCUT2D eigenvalue weighted by atomic mass is 10.2. The molecule has 0 saturated carbocycles. The van der Waals surface area contributed by atoms with Crippen molar-refractivity contribution >= 4 is 11.9 Å². The summed E-state index contributed by atoms with van der Waals surface area (Å²) < 4.78 is 14.4. The Labute approximate surface area is 117 Å². The second-order valence-corrected chi connectivity index (χ2v) is 3.97. The van der Waals surface area contributed by atoms with E-state index in [1.165, 1.54) is 21.3 Å². The van der Waals surface area contributed by atoms with Crippen molar-refractivity contribution in [3.63, 3.8) is 0 Å². The standard InChI is InChI=1S/C13H18N2O5/c1-18-11(16)8-15(9-12(17)19-2)7-10-5-4-6-14-13(10)20-3/h4-6H,7-9H2,1-3H3. The molecule has 0 spiro atoms. The van der Waals surface area contributed by atoms with Crippen LogP contribution in [0.1, 0.15) is 5.56 Å². The predicted molar refractivity (Wildman–Crippen MR) is 70.1 cm³/mol. The third-order valence-corrected chi connectivity index (χ3v) is 2.60. The Morgan fingerprint density at radius 3 is 2.25 bits per heavy atom. The maximum Gasteiger partial charge on any atom is 0.319 e. The molecule has 0 amide bonds. The summed E-state index contributed by atoms with van der Waals surface area (Å²) in [5, 5.41) is 0. The third-order valence-electron chi connectivity index (χ3n) is 2.60. The zero-order chi connectivity index (χ0) is 15.0. The molecule has 0 bridgehead atoms. The number of carbonyl (C=O) groups is 2. The highest BCUT2D eigenvalue weighted by atomic mass is 16.5. The van der Waals surface area contributed by atoms with E-state index in [1.807, 2.05) is 6.07 Å². The first-order valence-electron chi connectivity index (χ1n) is 5.94. The second-order valence-electron chi connectivity index (χ2n) is 3.97. The molecule has 0 aliphatic carbocycles. The number of hydrogen-bond donors (Lipinski definition) is 0. The number of esters is 2.